The Morgan fingerprint density at radius 2 is 1.75 bits per heavy atom. The van der Waals surface area contributed by atoms with E-state index in [1.54, 1.807) is 6.07 Å². The van der Waals surface area contributed by atoms with Gasteiger partial charge in [-0.1, -0.05) is 32.0 Å². The molecule has 0 aliphatic rings. The molecule has 0 aliphatic carbocycles. The van der Waals surface area contributed by atoms with Gasteiger partial charge in [0, 0.05) is 22.0 Å². The predicted molar refractivity (Wildman–Crippen MR) is 98.5 cm³/mol. The zero-order valence-electron chi connectivity index (χ0n) is 13.9. The summed E-state index contributed by atoms with van der Waals surface area (Å²) < 4.78 is 0. The van der Waals surface area contributed by atoms with Crippen LogP contribution in [0, 0.1) is 0 Å². The molecule has 0 saturated heterocycles. The first-order valence-corrected chi connectivity index (χ1v) is 8.19. The van der Waals surface area contributed by atoms with E-state index in [2.05, 4.69) is 15.2 Å². The first-order valence-electron chi connectivity index (χ1n) is 8.19. The van der Waals surface area contributed by atoms with Crippen molar-refractivity contribution in [2.45, 2.75) is 13.8 Å². The van der Waals surface area contributed by atoms with Gasteiger partial charge < -0.3 is 10.3 Å². The lowest BCUT2D eigenvalue weighted by atomic mass is 10.1. The van der Waals surface area contributed by atoms with Crippen molar-refractivity contribution >= 4 is 33.3 Å². The number of amides is 1. The van der Waals surface area contributed by atoms with Crippen LogP contribution in [-0.2, 0) is 4.79 Å². The molecule has 1 amide bonds. The summed E-state index contributed by atoms with van der Waals surface area (Å²) in [4.78, 5) is 29.2. The Kier molecular flexibility index (Phi) is 4.62. The molecule has 0 fully saturated rings. The van der Waals surface area contributed by atoms with Crippen molar-refractivity contribution in [3.63, 3.8) is 0 Å². The zero-order chi connectivity index (χ0) is 17.1. The fourth-order valence-corrected chi connectivity index (χ4v) is 2.91. The highest BCUT2D eigenvalue weighted by molar-refractivity contribution is 6.07. The van der Waals surface area contributed by atoms with Gasteiger partial charge in [0.15, 0.2) is 0 Å². The van der Waals surface area contributed by atoms with Crippen molar-refractivity contribution in [1.29, 1.82) is 0 Å². The number of fused-ring (bicyclic) bond motifs is 3. The number of nitrogens with zero attached hydrogens (tertiary/aromatic N) is 1. The average molecular weight is 323 g/mol. The number of carbonyl (C=O) groups is 1. The van der Waals surface area contributed by atoms with E-state index in [1.807, 2.05) is 50.2 Å². The van der Waals surface area contributed by atoms with Gasteiger partial charge in [-0.3, -0.25) is 14.5 Å². The van der Waals surface area contributed by atoms with Gasteiger partial charge in [0.05, 0.1) is 6.54 Å². The van der Waals surface area contributed by atoms with Gasteiger partial charge in [-0.05, 0) is 42.7 Å². The Labute approximate surface area is 140 Å². The molecule has 5 heteroatoms. The van der Waals surface area contributed by atoms with Crippen LogP contribution < -0.4 is 10.9 Å². The maximum Gasteiger partial charge on any atom is 0.256 e. The molecule has 0 atom stereocenters. The van der Waals surface area contributed by atoms with Crippen molar-refractivity contribution < 1.29 is 4.79 Å². The Morgan fingerprint density at radius 3 is 2.46 bits per heavy atom. The molecule has 0 aliphatic heterocycles. The van der Waals surface area contributed by atoms with Crippen LogP contribution in [0.3, 0.4) is 0 Å². The highest BCUT2D eigenvalue weighted by atomic mass is 16.2. The number of benzene rings is 2. The summed E-state index contributed by atoms with van der Waals surface area (Å²) in [5.41, 5.74) is 1.40. The number of nitrogens with one attached hydrogen (secondary N) is 2. The number of aromatic amines is 1. The Morgan fingerprint density at radius 1 is 1.04 bits per heavy atom. The highest BCUT2D eigenvalue weighted by Crippen LogP contribution is 2.24. The van der Waals surface area contributed by atoms with E-state index >= 15 is 0 Å². The number of carbonyl (C=O) groups excluding carboxylic acids is 1. The van der Waals surface area contributed by atoms with Crippen molar-refractivity contribution in [1.82, 2.24) is 9.88 Å². The predicted octanol–water partition coefficient (Wildman–Crippen LogP) is 2.96. The van der Waals surface area contributed by atoms with Crippen LogP contribution in [0.4, 0.5) is 5.69 Å². The zero-order valence-corrected chi connectivity index (χ0v) is 13.9. The third-order valence-corrected chi connectivity index (χ3v) is 4.28. The van der Waals surface area contributed by atoms with Gasteiger partial charge in [-0.25, -0.2) is 0 Å². The molecule has 2 aromatic carbocycles. The molecule has 5 nitrogen and oxygen atoms in total. The second-order valence-electron chi connectivity index (χ2n) is 5.77. The van der Waals surface area contributed by atoms with E-state index in [1.165, 1.54) is 0 Å². The lowest BCUT2D eigenvalue weighted by Crippen LogP contribution is -2.32. The summed E-state index contributed by atoms with van der Waals surface area (Å²) in [6, 6.07) is 13.0. The van der Waals surface area contributed by atoms with E-state index in [-0.39, 0.29) is 11.5 Å². The van der Waals surface area contributed by atoms with Gasteiger partial charge in [0.2, 0.25) is 5.91 Å². The van der Waals surface area contributed by atoms with Gasteiger partial charge in [0.1, 0.15) is 0 Å². The minimum Gasteiger partial charge on any atom is -0.325 e. The lowest BCUT2D eigenvalue weighted by Gasteiger charge is -2.17. The van der Waals surface area contributed by atoms with Crippen LogP contribution in [0.15, 0.2) is 47.3 Å². The molecule has 3 aromatic rings. The first kappa shape index (κ1) is 16.2. The molecule has 1 heterocycles. The molecular weight excluding hydrogens is 302 g/mol. The van der Waals surface area contributed by atoms with Crippen LogP contribution in [0.1, 0.15) is 13.8 Å². The monoisotopic (exact) mass is 323 g/mol. The number of aromatic nitrogens is 1. The number of H-pyrrole nitrogens is 1. The second-order valence-corrected chi connectivity index (χ2v) is 5.77. The number of hydrogen-bond donors (Lipinski definition) is 2. The smallest absolute Gasteiger partial charge is 0.256 e. The van der Waals surface area contributed by atoms with Crippen LogP contribution in [-0.4, -0.2) is 35.4 Å². The van der Waals surface area contributed by atoms with E-state index in [0.29, 0.717) is 11.9 Å². The van der Waals surface area contributed by atoms with Crippen LogP contribution in [0.5, 0.6) is 0 Å². The SMILES string of the molecule is CCN(CC)CC(=O)Nc1ccc2[nH]c(=O)c3ccccc3c2c1. The molecule has 0 unspecified atom stereocenters. The molecule has 124 valence electrons. The van der Waals surface area contributed by atoms with E-state index in [9.17, 15) is 9.59 Å². The first-order chi connectivity index (χ1) is 11.6. The molecule has 0 spiro atoms. The summed E-state index contributed by atoms with van der Waals surface area (Å²) in [6.07, 6.45) is 0. The minimum absolute atomic E-state index is 0.0354. The van der Waals surface area contributed by atoms with Crippen molar-refractivity contribution in [2.24, 2.45) is 0 Å². The van der Waals surface area contributed by atoms with Crippen molar-refractivity contribution in [3.05, 3.63) is 52.8 Å². The molecule has 0 bridgehead atoms. The summed E-state index contributed by atoms with van der Waals surface area (Å²) >= 11 is 0. The topological polar surface area (TPSA) is 65.2 Å². The Bertz CT molecular complexity index is 942. The fourth-order valence-electron chi connectivity index (χ4n) is 2.91. The third-order valence-electron chi connectivity index (χ3n) is 4.28. The second kappa shape index (κ2) is 6.84. The van der Waals surface area contributed by atoms with E-state index < -0.39 is 0 Å². The van der Waals surface area contributed by atoms with E-state index in [0.717, 1.165) is 35.1 Å². The molecule has 0 radical (unpaired) electrons. The molecule has 2 N–H and O–H groups in total. The number of rotatable bonds is 5. The number of likely N-dealkylation sites (N-methyl/N-ethyl adjacent to an activating group) is 1. The van der Waals surface area contributed by atoms with Crippen molar-refractivity contribution in [3.8, 4) is 0 Å². The molecule has 1 aromatic heterocycles. The molecule has 0 saturated carbocycles. The third kappa shape index (κ3) is 3.16. The summed E-state index contributed by atoms with van der Waals surface area (Å²) in [5, 5.41) is 5.40. The Hall–Kier alpha value is -2.66. The lowest BCUT2D eigenvalue weighted by molar-refractivity contribution is -0.117. The maximum atomic E-state index is 12.2. The summed E-state index contributed by atoms with van der Waals surface area (Å²) in [5.74, 6) is -0.0354. The molecule has 3 rings (SSSR count). The summed E-state index contributed by atoms with van der Waals surface area (Å²) in [7, 11) is 0. The quantitative estimate of drug-likeness (QED) is 0.710. The summed E-state index contributed by atoms with van der Waals surface area (Å²) in [6.45, 7) is 6.13. The largest absolute Gasteiger partial charge is 0.325 e. The van der Waals surface area contributed by atoms with Crippen LogP contribution >= 0.6 is 0 Å². The fraction of sp³-hybridized carbons (Fsp3) is 0.263. The van der Waals surface area contributed by atoms with Gasteiger partial charge in [-0.15, -0.1) is 0 Å². The van der Waals surface area contributed by atoms with Gasteiger partial charge in [0.25, 0.3) is 5.56 Å². The number of pyridine rings is 1. The van der Waals surface area contributed by atoms with Crippen LogP contribution in [0.2, 0.25) is 0 Å². The minimum atomic E-state index is -0.101. The maximum absolute atomic E-state index is 12.2. The van der Waals surface area contributed by atoms with Gasteiger partial charge >= 0.3 is 0 Å². The molecule has 24 heavy (non-hydrogen) atoms. The van der Waals surface area contributed by atoms with Gasteiger partial charge in [-0.2, -0.15) is 0 Å². The normalized spacial score (nSPS) is 11.3. The van der Waals surface area contributed by atoms with Crippen molar-refractivity contribution in [2.75, 3.05) is 25.0 Å². The standard InChI is InChI=1S/C19H21N3O2/c1-3-22(4-2)12-18(23)20-13-9-10-17-16(11-13)14-7-5-6-8-15(14)19(24)21-17/h5-11H,3-4,12H2,1-2H3,(H,20,23)(H,21,24). The molecular formula is C19H21N3O2. The van der Waals surface area contributed by atoms with Crippen LogP contribution in [0.25, 0.3) is 21.7 Å². The number of anilines is 1. The highest BCUT2D eigenvalue weighted by Gasteiger charge is 2.09. The average Bonchev–Trinajstić information content (AvgIpc) is 2.60. The van der Waals surface area contributed by atoms with E-state index in [4.69, 9.17) is 0 Å². The number of hydrogen-bond acceptors (Lipinski definition) is 3. The Balaban J connectivity index is 1.96.